The lowest BCUT2D eigenvalue weighted by Gasteiger charge is -2.39. The molecule has 1 unspecified atom stereocenters. The Morgan fingerprint density at radius 3 is 2.77 bits per heavy atom. The van der Waals surface area contributed by atoms with Crippen LogP contribution in [-0.2, 0) is 4.79 Å². The van der Waals surface area contributed by atoms with E-state index in [-0.39, 0.29) is 5.41 Å². The van der Waals surface area contributed by atoms with Crippen molar-refractivity contribution >= 4 is 5.91 Å². The fraction of sp³-hybridized carbons (Fsp3) is 0.900. The molecule has 76 valence electrons. The second-order valence-corrected chi connectivity index (χ2v) is 4.13. The minimum atomic E-state index is 0.221. The average Bonchev–Trinajstić information content (AvgIpc) is 2.12. The number of piperidine rings is 1. The maximum Gasteiger partial charge on any atom is 0.222 e. The van der Waals surface area contributed by atoms with Crippen LogP contribution in [0, 0.1) is 5.41 Å². The summed E-state index contributed by atoms with van der Waals surface area (Å²) < 4.78 is 0. The van der Waals surface area contributed by atoms with Gasteiger partial charge in [0.15, 0.2) is 0 Å². The van der Waals surface area contributed by atoms with Gasteiger partial charge in [-0.3, -0.25) is 4.79 Å². The lowest BCUT2D eigenvalue weighted by Crippen LogP contribution is -2.45. The first-order chi connectivity index (χ1) is 6.13. The number of hydrogen-bond donors (Lipinski definition) is 1. The Balaban J connectivity index is 2.63. The number of nitrogens with zero attached hydrogens (tertiary/aromatic N) is 1. The van der Waals surface area contributed by atoms with E-state index in [0.717, 1.165) is 25.9 Å². The van der Waals surface area contributed by atoms with Gasteiger partial charge in [0, 0.05) is 26.6 Å². The van der Waals surface area contributed by atoms with E-state index in [4.69, 9.17) is 0 Å². The fourth-order valence-electron chi connectivity index (χ4n) is 2.03. The third-order valence-corrected chi connectivity index (χ3v) is 3.23. The van der Waals surface area contributed by atoms with Crippen molar-refractivity contribution < 1.29 is 4.79 Å². The molecular formula is C10H20N2O. The van der Waals surface area contributed by atoms with Crippen molar-refractivity contribution in [2.24, 2.45) is 5.41 Å². The smallest absolute Gasteiger partial charge is 0.222 e. The largest absolute Gasteiger partial charge is 0.346 e. The van der Waals surface area contributed by atoms with Crippen LogP contribution in [0.25, 0.3) is 0 Å². The van der Waals surface area contributed by atoms with E-state index in [1.807, 2.05) is 19.0 Å². The summed E-state index contributed by atoms with van der Waals surface area (Å²) in [4.78, 5) is 13.4. The number of rotatable bonds is 3. The molecule has 0 aliphatic carbocycles. The van der Waals surface area contributed by atoms with Gasteiger partial charge in [-0.2, -0.15) is 0 Å². The first-order valence-electron chi connectivity index (χ1n) is 5.02. The van der Waals surface area contributed by atoms with Gasteiger partial charge >= 0.3 is 0 Å². The molecule has 1 fully saturated rings. The van der Waals surface area contributed by atoms with Crippen LogP contribution in [0.15, 0.2) is 0 Å². The Morgan fingerprint density at radius 1 is 1.62 bits per heavy atom. The predicted octanol–water partition coefficient (Wildman–Crippen LogP) is 0.854. The summed E-state index contributed by atoms with van der Waals surface area (Å²) in [6.07, 6.45) is 2.93. The summed E-state index contributed by atoms with van der Waals surface area (Å²) in [5.41, 5.74) is 0.221. The van der Waals surface area contributed by atoms with Gasteiger partial charge in [-0.05, 0) is 25.3 Å². The van der Waals surface area contributed by atoms with Crippen LogP contribution < -0.4 is 5.32 Å². The van der Waals surface area contributed by atoms with E-state index in [1.165, 1.54) is 0 Å². The highest BCUT2D eigenvalue weighted by atomic mass is 16.2. The third kappa shape index (κ3) is 2.21. The number of hydrogen-bond acceptors (Lipinski definition) is 2. The van der Waals surface area contributed by atoms with Crippen molar-refractivity contribution in [1.29, 1.82) is 0 Å². The highest BCUT2D eigenvalue weighted by molar-refractivity contribution is 5.77. The molecule has 1 aliphatic heterocycles. The lowest BCUT2D eigenvalue weighted by atomic mass is 9.76. The van der Waals surface area contributed by atoms with E-state index in [9.17, 15) is 4.79 Å². The van der Waals surface area contributed by atoms with E-state index < -0.39 is 0 Å². The molecule has 0 bridgehead atoms. The number of carbonyl (C=O) groups is 1. The van der Waals surface area contributed by atoms with E-state index >= 15 is 0 Å². The summed E-state index contributed by atoms with van der Waals surface area (Å²) in [5.74, 6) is 0.295. The molecule has 3 heteroatoms. The highest BCUT2D eigenvalue weighted by Crippen LogP contribution is 2.34. The molecule has 1 aliphatic rings. The normalized spacial score (nSPS) is 29.5. The molecule has 13 heavy (non-hydrogen) atoms. The molecule has 1 amide bonds. The molecule has 1 saturated heterocycles. The minimum Gasteiger partial charge on any atom is -0.346 e. The van der Waals surface area contributed by atoms with Crippen LogP contribution in [0.4, 0.5) is 0 Å². The zero-order valence-electron chi connectivity index (χ0n) is 8.89. The summed E-state index contributed by atoms with van der Waals surface area (Å²) in [5, 5.41) is 3.19. The third-order valence-electron chi connectivity index (χ3n) is 3.23. The fourth-order valence-corrected chi connectivity index (χ4v) is 2.03. The average molecular weight is 184 g/mol. The Kier molecular flexibility index (Phi) is 3.31. The molecule has 0 aromatic rings. The SMILES string of the molecule is CCC1(CNC)CCN(C)C(=O)C1. The molecule has 1 N–H and O–H groups in total. The number of nitrogens with one attached hydrogen (secondary N) is 1. The molecule has 3 nitrogen and oxygen atoms in total. The highest BCUT2D eigenvalue weighted by Gasteiger charge is 2.35. The Morgan fingerprint density at radius 2 is 2.31 bits per heavy atom. The Labute approximate surface area is 80.5 Å². The monoisotopic (exact) mass is 184 g/mol. The maximum absolute atomic E-state index is 11.5. The van der Waals surface area contributed by atoms with Gasteiger partial charge in [0.25, 0.3) is 0 Å². The second kappa shape index (κ2) is 4.09. The molecule has 1 rings (SSSR count). The molecule has 0 aromatic carbocycles. The maximum atomic E-state index is 11.5. The second-order valence-electron chi connectivity index (χ2n) is 4.13. The predicted molar refractivity (Wildman–Crippen MR) is 53.5 cm³/mol. The summed E-state index contributed by atoms with van der Waals surface area (Å²) in [6, 6.07) is 0. The Hall–Kier alpha value is -0.570. The van der Waals surface area contributed by atoms with E-state index in [0.29, 0.717) is 12.3 Å². The van der Waals surface area contributed by atoms with Crippen molar-refractivity contribution in [3.63, 3.8) is 0 Å². The van der Waals surface area contributed by atoms with Crippen LogP contribution >= 0.6 is 0 Å². The van der Waals surface area contributed by atoms with Crippen molar-refractivity contribution in [3.8, 4) is 0 Å². The van der Waals surface area contributed by atoms with Gasteiger partial charge in [0.05, 0.1) is 0 Å². The van der Waals surface area contributed by atoms with Crippen molar-refractivity contribution in [1.82, 2.24) is 10.2 Å². The first kappa shape index (κ1) is 10.5. The molecule has 1 atom stereocenters. The number of likely N-dealkylation sites (tertiary alicyclic amines) is 1. The van der Waals surface area contributed by atoms with Gasteiger partial charge in [0.2, 0.25) is 5.91 Å². The van der Waals surface area contributed by atoms with Gasteiger partial charge in [-0.1, -0.05) is 6.92 Å². The zero-order valence-corrected chi connectivity index (χ0v) is 8.89. The van der Waals surface area contributed by atoms with Crippen LogP contribution in [-0.4, -0.2) is 38.0 Å². The number of amides is 1. The lowest BCUT2D eigenvalue weighted by molar-refractivity contribution is -0.136. The van der Waals surface area contributed by atoms with E-state index in [2.05, 4.69) is 12.2 Å². The van der Waals surface area contributed by atoms with Gasteiger partial charge in [0.1, 0.15) is 0 Å². The quantitative estimate of drug-likeness (QED) is 0.705. The summed E-state index contributed by atoms with van der Waals surface area (Å²) in [7, 11) is 3.85. The van der Waals surface area contributed by atoms with Crippen molar-refractivity contribution in [2.75, 3.05) is 27.2 Å². The van der Waals surface area contributed by atoms with Gasteiger partial charge in [-0.15, -0.1) is 0 Å². The van der Waals surface area contributed by atoms with Crippen LogP contribution in [0.2, 0.25) is 0 Å². The minimum absolute atomic E-state index is 0.221. The van der Waals surface area contributed by atoms with Crippen LogP contribution in [0.5, 0.6) is 0 Å². The summed E-state index contributed by atoms with van der Waals surface area (Å²) in [6.45, 7) is 4.05. The van der Waals surface area contributed by atoms with Crippen LogP contribution in [0.1, 0.15) is 26.2 Å². The van der Waals surface area contributed by atoms with Crippen molar-refractivity contribution in [3.05, 3.63) is 0 Å². The summed E-state index contributed by atoms with van der Waals surface area (Å²) >= 11 is 0. The van der Waals surface area contributed by atoms with Crippen LogP contribution in [0.3, 0.4) is 0 Å². The molecule has 1 heterocycles. The van der Waals surface area contributed by atoms with E-state index in [1.54, 1.807) is 0 Å². The topological polar surface area (TPSA) is 32.3 Å². The molecule has 0 saturated carbocycles. The van der Waals surface area contributed by atoms with Crippen molar-refractivity contribution in [2.45, 2.75) is 26.2 Å². The molecule has 0 radical (unpaired) electrons. The number of carbonyl (C=O) groups excluding carboxylic acids is 1. The zero-order chi connectivity index (χ0) is 9.90. The molecule has 0 spiro atoms. The van der Waals surface area contributed by atoms with Gasteiger partial charge < -0.3 is 10.2 Å². The standard InChI is InChI=1S/C10H20N2O/c1-4-10(8-11-2)5-6-12(3)9(13)7-10/h11H,4-8H2,1-3H3. The Bertz CT molecular complexity index is 193. The van der Waals surface area contributed by atoms with Gasteiger partial charge in [-0.25, -0.2) is 0 Å². The molecular weight excluding hydrogens is 164 g/mol. The first-order valence-corrected chi connectivity index (χ1v) is 5.02. The molecule has 0 aromatic heterocycles.